The van der Waals surface area contributed by atoms with Crippen LogP contribution in [0.3, 0.4) is 0 Å². The molecule has 0 radical (unpaired) electrons. The van der Waals surface area contributed by atoms with Crippen LogP contribution >= 0.6 is 0 Å². The molecule has 3 N–H and O–H groups in total. The van der Waals surface area contributed by atoms with Crippen molar-refractivity contribution >= 4 is 34.6 Å². The lowest BCUT2D eigenvalue weighted by atomic mass is 10.0. The largest absolute Gasteiger partial charge is 0.379 e. The summed E-state index contributed by atoms with van der Waals surface area (Å²) >= 11 is 0. The first kappa shape index (κ1) is 25.4. The third kappa shape index (κ3) is 4.63. The van der Waals surface area contributed by atoms with Gasteiger partial charge in [0.2, 0.25) is 11.8 Å². The van der Waals surface area contributed by atoms with Gasteiger partial charge in [-0.25, -0.2) is 9.37 Å². The van der Waals surface area contributed by atoms with Gasteiger partial charge in [-0.05, 0) is 44.0 Å². The van der Waals surface area contributed by atoms with Crippen molar-refractivity contribution in [2.45, 2.75) is 51.9 Å². The third-order valence-electron chi connectivity index (χ3n) is 7.45. The Morgan fingerprint density at radius 3 is 2.69 bits per heavy atom. The van der Waals surface area contributed by atoms with Crippen LogP contribution in [-0.4, -0.2) is 81.1 Å². The lowest BCUT2D eigenvalue weighted by Gasteiger charge is -2.29. The Balaban J connectivity index is 1.39. The van der Waals surface area contributed by atoms with E-state index in [2.05, 4.69) is 25.7 Å². The second-order valence-corrected chi connectivity index (χ2v) is 10.5. The first-order valence-corrected chi connectivity index (χ1v) is 13.2. The maximum absolute atomic E-state index is 16.1. The lowest BCUT2D eigenvalue weighted by Crippen LogP contribution is -2.52. The van der Waals surface area contributed by atoms with Gasteiger partial charge in [0.25, 0.3) is 5.91 Å². The molecule has 11 nitrogen and oxygen atoms in total. The number of hydrogen-bond acceptors (Lipinski definition) is 8. The van der Waals surface area contributed by atoms with Crippen LogP contribution < -0.4 is 10.6 Å². The smallest absolute Gasteiger partial charge is 0.255 e. The van der Waals surface area contributed by atoms with Gasteiger partial charge < -0.3 is 15.0 Å². The topological polar surface area (TPSA) is 133 Å². The lowest BCUT2D eigenvalue weighted by molar-refractivity contribution is -0.136. The molecule has 6 rings (SSSR count). The van der Waals surface area contributed by atoms with Gasteiger partial charge in [-0.1, -0.05) is 0 Å². The fraction of sp³-hybridized carbons (Fsp3) is 0.444. The molecule has 3 aliphatic rings. The monoisotopic (exact) mass is 535 g/mol. The summed E-state index contributed by atoms with van der Waals surface area (Å²) in [6, 6.07) is 4.34. The molecule has 2 aromatic heterocycles. The van der Waals surface area contributed by atoms with E-state index < -0.39 is 23.7 Å². The average molecular weight is 536 g/mol. The van der Waals surface area contributed by atoms with E-state index >= 15 is 4.39 Å². The van der Waals surface area contributed by atoms with Crippen molar-refractivity contribution in [3.05, 3.63) is 40.7 Å². The van der Waals surface area contributed by atoms with E-state index in [4.69, 9.17) is 9.72 Å². The highest BCUT2D eigenvalue weighted by Gasteiger charge is 2.40. The summed E-state index contributed by atoms with van der Waals surface area (Å²) in [5.41, 5.74) is 3.49. The number of pyridine rings is 1. The first-order chi connectivity index (χ1) is 18.8. The van der Waals surface area contributed by atoms with E-state index in [1.165, 1.54) is 4.90 Å². The van der Waals surface area contributed by atoms with Crippen molar-refractivity contribution in [1.29, 1.82) is 0 Å². The Morgan fingerprint density at radius 2 is 1.95 bits per heavy atom. The molecule has 3 aliphatic heterocycles. The van der Waals surface area contributed by atoms with Crippen molar-refractivity contribution in [3.8, 4) is 11.3 Å². The van der Waals surface area contributed by atoms with Gasteiger partial charge in [-0.15, -0.1) is 0 Å². The summed E-state index contributed by atoms with van der Waals surface area (Å²) in [6.45, 7) is 7.46. The number of carbonyl (C=O) groups excluding carboxylic acids is 3. The SMILES string of the molecule is CC(C)Nc1n[nH]c2c(CN3CCOCC3)cc(-c3ccc4c(c3F)CN(C3CCC(=O)NC3=O)C4=O)nc12. The predicted octanol–water partition coefficient (Wildman–Crippen LogP) is 2.18. The highest BCUT2D eigenvalue weighted by Crippen LogP contribution is 2.36. The molecule has 204 valence electrons. The molecule has 1 atom stereocenters. The minimum Gasteiger partial charge on any atom is -0.379 e. The van der Waals surface area contributed by atoms with Gasteiger partial charge in [0, 0.05) is 48.8 Å². The van der Waals surface area contributed by atoms with Crippen molar-refractivity contribution < 1.29 is 23.5 Å². The van der Waals surface area contributed by atoms with Crippen molar-refractivity contribution in [2.24, 2.45) is 0 Å². The van der Waals surface area contributed by atoms with E-state index in [9.17, 15) is 14.4 Å². The molecule has 0 saturated carbocycles. The van der Waals surface area contributed by atoms with Crippen LogP contribution in [0.15, 0.2) is 18.2 Å². The number of morpholine rings is 1. The standard InChI is InChI=1S/C27H30FN7O4/c1-14(2)29-25-24-23(32-33-25)15(12-34-7-9-39-10-8-34)11-19(30-24)17-4-3-16-18(22(17)28)13-35(27(16)38)20-5-6-21(36)31-26(20)37/h3-4,11,14,20H,5-10,12-13H2,1-2H3,(H2,29,32,33)(H,31,36,37). The zero-order chi connectivity index (χ0) is 27.3. The van der Waals surface area contributed by atoms with Crippen LogP contribution in [0, 0.1) is 5.82 Å². The molecular weight excluding hydrogens is 505 g/mol. The molecule has 2 saturated heterocycles. The number of nitrogens with zero attached hydrogens (tertiary/aromatic N) is 4. The summed E-state index contributed by atoms with van der Waals surface area (Å²) in [6.07, 6.45) is 0.353. The second-order valence-electron chi connectivity index (χ2n) is 10.5. The van der Waals surface area contributed by atoms with Gasteiger partial charge in [-0.3, -0.25) is 29.7 Å². The van der Waals surface area contributed by atoms with Gasteiger partial charge in [-0.2, -0.15) is 5.10 Å². The molecule has 2 fully saturated rings. The van der Waals surface area contributed by atoms with E-state index in [1.807, 2.05) is 19.9 Å². The number of anilines is 1. The zero-order valence-electron chi connectivity index (χ0n) is 21.8. The van der Waals surface area contributed by atoms with Crippen molar-refractivity contribution in [2.75, 3.05) is 31.6 Å². The maximum atomic E-state index is 16.1. The fourth-order valence-electron chi connectivity index (χ4n) is 5.50. The number of hydrogen-bond donors (Lipinski definition) is 3. The van der Waals surface area contributed by atoms with Gasteiger partial charge in [0.1, 0.15) is 17.4 Å². The molecule has 3 amide bonds. The summed E-state index contributed by atoms with van der Waals surface area (Å²) < 4.78 is 21.6. The van der Waals surface area contributed by atoms with Gasteiger partial charge >= 0.3 is 0 Å². The zero-order valence-corrected chi connectivity index (χ0v) is 21.8. The van der Waals surface area contributed by atoms with Crippen LogP contribution in [0.4, 0.5) is 10.2 Å². The number of imide groups is 1. The van der Waals surface area contributed by atoms with Crippen LogP contribution in [0.5, 0.6) is 0 Å². The minimum absolute atomic E-state index is 0.0468. The third-order valence-corrected chi connectivity index (χ3v) is 7.45. The maximum Gasteiger partial charge on any atom is 0.255 e. The molecule has 0 spiro atoms. The fourth-order valence-corrected chi connectivity index (χ4v) is 5.50. The number of halogens is 1. The number of nitrogens with one attached hydrogen (secondary N) is 3. The predicted molar refractivity (Wildman–Crippen MR) is 140 cm³/mol. The van der Waals surface area contributed by atoms with E-state index in [-0.39, 0.29) is 48.0 Å². The van der Waals surface area contributed by atoms with Crippen molar-refractivity contribution in [1.82, 2.24) is 30.3 Å². The number of rotatable bonds is 6. The van der Waals surface area contributed by atoms with Gasteiger partial charge in [0.05, 0.1) is 31.0 Å². The Kier molecular flexibility index (Phi) is 6.51. The number of amides is 3. The Bertz CT molecular complexity index is 1480. The summed E-state index contributed by atoms with van der Waals surface area (Å²) in [5, 5.41) is 13.1. The number of carbonyl (C=O) groups is 3. The summed E-state index contributed by atoms with van der Waals surface area (Å²) in [4.78, 5) is 45.5. The van der Waals surface area contributed by atoms with E-state index in [0.717, 1.165) is 24.2 Å². The van der Waals surface area contributed by atoms with Gasteiger partial charge in [0.15, 0.2) is 5.82 Å². The minimum atomic E-state index is -0.810. The molecule has 0 bridgehead atoms. The molecule has 12 heteroatoms. The second kappa shape index (κ2) is 10.0. The first-order valence-electron chi connectivity index (χ1n) is 13.2. The molecule has 39 heavy (non-hydrogen) atoms. The number of ether oxygens (including phenoxy) is 1. The molecule has 3 aromatic rings. The Morgan fingerprint density at radius 1 is 1.18 bits per heavy atom. The molecule has 5 heterocycles. The summed E-state index contributed by atoms with van der Waals surface area (Å²) in [5.74, 6) is -1.26. The molecule has 1 aromatic carbocycles. The molecule has 1 unspecified atom stereocenters. The quantitative estimate of drug-likeness (QED) is 0.409. The average Bonchev–Trinajstić information content (AvgIpc) is 3.46. The van der Waals surface area contributed by atoms with Crippen molar-refractivity contribution in [3.63, 3.8) is 0 Å². The van der Waals surface area contributed by atoms with Crippen LogP contribution in [0.2, 0.25) is 0 Å². The van der Waals surface area contributed by atoms with E-state index in [1.54, 1.807) is 12.1 Å². The highest BCUT2D eigenvalue weighted by molar-refractivity contribution is 6.05. The van der Waals surface area contributed by atoms with E-state index in [0.29, 0.717) is 36.8 Å². The number of H-pyrrole nitrogens is 1. The number of benzene rings is 1. The number of aromatic nitrogens is 3. The molecule has 0 aliphatic carbocycles. The Labute approximate surface area is 224 Å². The number of piperidine rings is 1. The Hall–Kier alpha value is -3.90. The molecular formula is C27H30FN7O4. The summed E-state index contributed by atoms with van der Waals surface area (Å²) in [7, 11) is 0. The normalized spacial score (nSPS) is 20.2. The van der Waals surface area contributed by atoms with Crippen LogP contribution in [0.1, 0.15) is 48.2 Å². The van der Waals surface area contributed by atoms with Crippen LogP contribution in [0.25, 0.3) is 22.3 Å². The van der Waals surface area contributed by atoms with Crippen LogP contribution in [-0.2, 0) is 27.4 Å². The highest BCUT2D eigenvalue weighted by atomic mass is 19.1. The number of aromatic amines is 1. The number of fused-ring (bicyclic) bond motifs is 2.